The second kappa shape index (κ2) is 10.6. The van der Waals surface area contributed by atoms with E-state index in [2.05, 4.69) is 15.7 Å². The molecule has 1 amide bonds. The first kappa shape index (κ1) is 23.7. The Morgan fingerprint density at radius 3 is 2.55 bits per heavy atom. The normalized spacial score (nSPS) is 13.7. The number of aromatic nitrogens is 1. The van der Waals surface area contributed by atoms with Crippen molar-refractivity contribution in [1.29, 1.82) is 0 Å². The fourth-order valence-electron chi connectivity index (χ4n) is 3.84. The highest BCUT2D eigenvalue weighted by molar-refractivity contribution is 5.93. The van der Waals surface area contributed by atoms with E-state index in [0.29, 0.717) is 18.2 Å². The smallest absolute Gasteiger partial charge is 0.273 e. The Morgan fingerprint density at radius 1 is 1.12 bits per heavy atom. The maximum atomic E-state index is 12.5. The predicted octanol–water partition coefficient (Wildman–Crippen LogP) is 5.08. The first-order valence-electron chi connectivity index (χ1n) is 10.5. The molecular formula is C23H24N3O7-. The second-order valence-corrected chi connectivity index (χ2v) is 7.82. The van der Waals surface area contributed by atoms with Crippen molar-refractivity contribution in [1.82, 2.24) is 10.5 Å². The summed E-state index contributed by atoms with van der Waals surface area (Å²) in [6, 6.07) is 9.81. The Kier molecular flexibility index (Phi) is 7.62. The van der Waals surface area contributed by atoms with Gasteiger partial charge in [-0.05, 0) is 48.2 Å². The Hall–Kier alpha value is -3.92. The molecule has 4 rings (SSSR count). The number of amides is 1. The molecule has 2 aromatic carbocycles. The number of phenols is 2. The molecule has 4 N–H and O–H groups in total. The number of carbonyl (C=O) groups is 1. The summed E-state index contributed by atoms with van der Waals surface area (Å²) >= 11 is 0. The number of phenolic OH excluding ortho intramolecular Hbond substituents is 2. The zero-order valence-corrected chi connectivity index (χ0v) is 17.7. The summed E-state index contributed by atoms with van der Waals surface area (Å²) in [6.07, 6.45) is 5.83. The van der Waals surface area contributed by atoms with E-state index < -0.39 is 0 Å². The Labute approximate surface area is 189 Å². The number of rotatable bonds is 7. The summed E-state index contributed by atoms with van der Waals surface area (Å²) < 4.78 is 11.1. The molecule has 0 unspecified atom stereocenters. The zero-order valence-electron chi connectivity index (χ0n) is 17.7. The Balaban J connectivity index is 0.00000306. The van der Waals surface area contributed by atoms with Crippen molar-refractivity contribution in [3.05, 3.63) is 53.1 Å². The molecule has 0 saturated heterocycles. The Bertz CT molecular complexity index is 1110. The SMILES string of the molecule is O=Nc1ccc(Oc2cc(O)cc(O)c2-c2cc(C(=O)NCC3CCCCC3)no2)cc1.[OH-]. The van der Waals surface area contributed by atoms with Crippen molar-refractivity contribution >= 4 is 11.6 Å². The average molecular weight is 454 g/mol. The van der Waals surface area contributed by atoms with Crippen molar-refractivity contribution < 1.29 is 29.7 Å². The minimum Gasteiger partial charge on any atom is -0.870 e. The number of hydrogen-bond acceptors (Lipinski definition) is 9. The Morgan fingerprint density at radius 2 is 1.85 bits per heavy atom. The summed E-state index contributed by atoms with van der Waals surface area (Å²) in [4.78, 5) is 23.1. The van der Waals surface area contributed by atoms with E-state index in [1.807, 2.05) is 0 Å². The minimum absolute atomic E-state index is 0. The fourth-order valence-corrected chi connectivity index (χ4v) is 3.84. The third-order valence-corrected chi connectivity index (χ3v) is 5.50. The van der Waals surface area contributed by atoms with Crippen LogP contribution in [0, 0.1) is 10.8 Å². The van der Waals surface area contributed by atoms with Crippen LogP contribution in [0.15, 0.2) is 52.2 Å². The number of hydrogen-bond donors (Lipinski definition) is 3. The van der Waals surface area contributed by atoms with Crippen molar-refractivity contribution in [3.8, 4) is 34.3 Å². The molecule has 1 aromatic heterocycles. The molecule has 1 saturated carbocycles. The van der Waals surface area contributed by atoms with Crippen LogP contribution in [0.1, 0.15) is 42.6 Å². The van der Waals surface area contributed by atoms with Crippen molar-refractivity contribution in [3.63, 3.8) is 0 Å². The van der Waals surface area contributed by atoms with Crippen LogP contribution in [0.25, 0.3) is 11.3 Å². The van der Waals surface area contributed by atoms with Crippen molar-refractivity contribution in [2.75, 3.05) is 6.54 Å². The molecule has 33 heavy (non-hydrogen) atoms. The van der Waals surface area contributed by atoms with Gasteiger partial charge in [-0.2, -0.15) is 0 Å². The molecule has 0 atom stereocenters. The molecule has 0 aliphatic heterocycles. The lowest BCUT2D eigenvalue weighted by Crippen LogP contribution is -2.30. The van der Waals surface area contributed by atoms with E-state index in [4.69, 9.17) is 9.26 Å². The quantitative estimate of drug-likeness (QED) is 0.416. The van der Waals surface area contributed by atoms with Gasteiger partial charge in [0.15, 0.2) is 11.5 Å². The van der Waals surface area contributed by atoms with Crippen molar-refractivity contribution in [2.24, 2.45) is 11.1 Å². The number of carbonyl (C=O) groups excluding carboxylic acids is 1. The number of nitroso groups, excluding NO2 is 1. The maximum absolute atomic E-state index is 12.5. The highest BCUT2D eigenvalue weighted by Gasteiger charge is 2.22. The van der Waals surface area contributed by atoms with Crippen LogP contribution in [-0.2, 0) is 0 Å². The lowest BCUT2D eigenvalue weighted by atomic mass is 9.89. The van der Waals surface area contributed by atoms with Gasteiger partial charge in [0.05, 0.1) is 0 Å². The third kappa shape index (κ3) is 5.66. The second-order valence-electron chi connectivity index (χ2n) is 7.82. The number of nitrogens with one attached hydrogen (secondary N) is 1. The molecule has 1 aliphatic rings. The number of aromatic hydroxyl groups is 2. The van der Waals surface area contributed by atoms with Gasteiger partial charge < -0.3 is 30.3 Å². The van der Waals surface area contributed by atoms with Crippen LogP contribution in [0.3, 0.4) is 0 Å². The first-order valence-corrected chi connectivity index (χ1v) is 10.5. The van der Waals surface area contributed by atoms with E-state index in [-0.39, 0.29) is 51.3 Å². The molecule has 0 bridgehead atoms. The van der Waals surface area contributed by atoms with Gasteiger partial charge in [0.25, 0.3) is 5.91 Å². The van der Waals surface area contributed by atoms with Gasteiger partial charge in [-0.3, -0.25) is 4.79 Å². The molecule has 0 spiro atoms. The van der Waals surface area contributed by atoms with Gasteiger partial charge in [-0.15, -0.1) is 4.91 Å². The van der Waals surface area contributed by atoms with E-state index in [9.17, 15) is 19.9 Å². The summed E-state index contributed by atoms with van der Waals surface area (Å²) in [6.45, 7) is 0.589. The molecule has 3 aromatic rings. The molecule has 1 fully saturated rings. The molecule has 0 radical (unpaired) electrons. The van der Waals surface area contributed by atoms with E-state index >= 15 is 0 Å². The van der Waals surface area contributed by atoms with Gasteiger partial charge in [0, 0.05) is 24.7 Å². The standard InChI is InChI=1S/C23H23N3O6.H2O/c27-16-10-19(28)22(20(11-16)31-17-8-6-15(25-30)7-9-17)21-12-18(26-32-21)23(29)24-13-14-4-2-1-3-5-14;/h6-12,14,27-28H,1-5,13H2,(H,24,29);1H2/p-1. The van der Waals surface area contributed by atoms with Crippen LogP contribution in [0.2, 0.25) is 0 Å². The minimum atomic E-state index is -0.358. The topological polar surface area (TPSA) is 164 Å². The molecule has 174 valence electrons. The largest absolute Gasteiger partial charge is 0.870 e. The highest BCUT2D eigenvalue weighted by Crippen LogP contribution is 2.43. The summed E-state index contributed by atoms with van der Waals surface area (Å²) in [7, 11) is 0. The van der Waals surface area contributed by atoms with Gasteiger partial charge in [-0.1, -0.05) is 24.4 Å². The lowest BCUT2D eigenvalue weighted by Gasteiger charge is -2.21. The number of ether oxygens (including phenoxy) is 1. The van der Waals surface area contributed by atoms with Crippen LogP contribution >= 0.6 is 0 Å². The van der Waals surface area contributed by atoms with Crippen LogP contribution in [0.4, 0.5) is 5.69 Å². The monoisotopic (exact) mass is 454 g/mol. The molecule has 10 nitrogen and oxygen atoms in total. The zero-order chi connectivity index (χ0) is 22.5. The van der Waals surface area contributed by atoms with Gasteiger partial charge in [0.2, 0.25) is 0 Å². The lowest BCUT2D eigenvalue weighted by molar-refractivity contribution is 0.0934. The van der Waals surface area contributed by atoms with Gasteiger partial charge in [-0.25, -0.2) is 0 Å². The van der Waals surface area contributed by atoms with Gasteiger partial charge >= 0.3 is 0 Å². The van der Waals surface area contributed by atoms with E-state index in [1.165, 1.54) is 55.7 Å². The molecular weight excluding hydrogens is 430 g/mol. The van der Waals surface area contributed by atoms with Crippen LogP contribution in [0.5, 0.6) is 23.0 Å². The van der Waals surface area contributed by atoms with Crippen LogP contribution < -0.4 is 10.1 Å². The maximum Gasteiger partial charge on any atom is 0.273 e. The predicted molar refractivity (Wildman–Crippen MR) is 118 cm³/mol. The molecule has 10 heteroatoms. The average Bonchev–Trinajstić information content (AvgIpc) is 3.28. The summed E-state index contributed by atoms with van der Waals surface area (Å²) in [5.74, 6) is 0.109. The molecule has 1 aliphatic carbocycles. The number of nitrogens with zero attached hydrogens (tertiary/aromatic N) is 2. The van der Waals surface area contributed by atoms with E-state index in [1.54, 1.807) is 0 Å². The van der Waals surface area contributed by atoms with Crippen LogP contribution in [-0.4, -0.2) is 33.3 Å². The fraction of sp³-hybridized carbons (Fsp3) is 0.304. The van der Waals surface area contributed by atoms with Gasteiger partial charge in [0.1, 0.15) is 34.2 Å². The third-order valence-electron chi connectivity index (χ3n) is 5.50. The number of benzene rings is 2. The van der Waals surface area contributed by atoms with Crippen molar-refractivity contribution in [2.45, 2.75) is 32.1 Å². The molecule has 1 heterocycles. The van der Waals surface area contributed by atoms with E-state index in [0.717, 1.165) is 18.9 Å². The first-order chi connectivity index (χ1) is 15.5. The summed E-state index contributed by atoms with van der Waals surface area (Å²) in [5, 5.41) is 29.9. The highest BCUT2D eigenvalue weighted by atomic mass is 16.5. The summed E-state index contributed by atoms with van der Waals surface area (Å²) in [5.41, 5.74) is 0.435.